The number of allylic oxidation sites excluding steroid dienone is 1. The summed E-state index contributed by atoms with van der Waals surface area (Å²) in [6, 6.07) is 8.49. The summed E-state index contributed by atoms with van der Waals surface area (Å²) in [6.07, 6.45) is 3.71. The molecule has 5 rings (SSSR count). The molecule has 2 aliphatic rings. The number of imidazole rings is 1. The molecule has 9 nitrogen and oxygen atoms in total. The van der Waals surface area contributed by atoms with E-state index in [2.05, 4.69) is 51.4 Å². The highest BCUT2D eigenvalue weighted by Crippen LogP contribution is 2.30. The molecule has 1 aliphatic carbocycles. The lowest BCUT2D eigenvalue weighted by Gasteiger charge is -2.16. The Kier molecular flexibility index (Phi) is 5.05. The molecule has 2 aromatic heterocycles. The van der Waals surface area contributed by atoms with Gasteiger partial charge in [0.1, 0.15) is 18.3 Å². The van der Waals surface area contributed by atoms with Gasteiger partial charge in [-0.1, -0.05) is 36.4 Å². The molecule has 1 aromatic carbocycles. The second-order valence-electron chi connectivity index (χ2n) is 6.59. The van der Waals surface area contributed by atoms with Crippen molar-refractivity contribution >= 4 is 17.2 Å². The van der Waals surface area contributed by atoms with Crippen molar-refractivity contribution in [1.82, 2.24) is 19.5 Å². The Bertz CT molecular complexity index is 1060. The van der Waals surface area contributed by atoms with Crippen LogP contribution in [0.4, 0.5) is 0 Å². The van der Waals surface area contributed by atoms with Gasteiger partial charge in [0.05, 0.1) is 19.3 Å². The van der Waals surface area contributed by atoms with E-state index < -0.39 is 36.7 Å². The zero-order chi connectivity index (χ0) is 19.7. The molecule has 3 aromatic rings. The average Bonchev–Trinajstić information content (AvgIpc) is 3.42. The van der Waals surface area contributed by atoms with E-state index >= 15 is 0 Å². The maximum absolute atomic E-state index is 11.5. The van der Waals surface area contributed by atoms with Crippen LogP contribution in [0.25, 0.3) is 17.2 Å². The Balaban J connectivity index is 0.000000177. The number of benzene rings is 1. The summed E-state index contributed by atoms with van der Waals surface area (Å²) in [4.78, 5) is 21.8. The van der Waals surface area contributed by atoms with Crippen molar-refractivity contribution in [3.05, 3.63) is 64.5 Å². The molecule has 1 saturated heterocycles. The van der Waals surface area contributed by atoms with Gasteiger partial charge < -0.3 is 25.0 Å². The lowest BCUT2D eigenvalue weighted by atomic mass is 10.1. The Hall–Kier alpha value is -2.85. The van der Waals surface area contributed by atoms with Gasteiger partial charge in [-0.25, -0.2) is 9.97 Å². The summed E-state index contributed by atoms with van der Waals surface area (Å²) in [5.74, 6) is 0. The monoisotopic (exact) mass is 384 g/mol. The van der Waals surface area contributed by atoms with Crippen LogP contribution in [0.1, 0.15) is 17.4 Å². The zero-order valence-electron chi connectivity index (χ0n) is 14.8. The number of hydrogen-bond donors (Lipinski definition) is 4. The molecular formula is C19H20N4O5. The fourth-order valence-corrected chi connectivity index (χ4v) is 3.35. The van der Waals surface area contributed by atoms with Crippen LogP contribution in [0.5, 0.6) is 0 Å². The zero-order valence-corrected chi connectivity index (χ0v) is 14.8. The first-order valence-electron chi connectivity index (χ1n) is 8.87. The van der Waals surface area contributed by atoms with E-state index in [1.807, 2.05) is 0 Å². The minimum Gasteiger partial charge on any atom is -0.394 e. The Morgan fingerprint density at radius 1 is 1.21 bits per heavy atom. The van der Waals surface area contributed by atoms with Gasteiger partial charge in [-0.15, -0.1) is 0 Å². The van der Waals surface area contributed by atoms with E-state index in [4.69, 9.17) is 9.84 Å². The van der Waals surface area contributed by atoms with Crippen molar-refractivity contribution in [2.45, 2.75) is 31.0 Å². The Morgan fingerprint density at radius 3 is 2.79 bits per heavy atom. The third-order valence-corrected chi connectivity index (χ3v) is 4.85. The molecule has 0 amide bonds. The van der Waals surface area contributed by atoms with Gasteiger partial charge >= 0.3 is 0 Å². The number of nitrogens with one attached hydrogen (secondary N) is 1. The maximum Gasteiger partial charge on any atom is 0.278 e. The summed E-state index contributed by atoms with van der Waals surface area (Å²) in [5.41, 5.74) is 2.78. The highest BCUT2D eigenvalue weighted by Gasteiger charge is 2.43. The number of ether oxygens (including phenoxy) is 1. The van der Waals surface area contributed by atoms with E-state index in [1.165, 1.54) is 28.3 Å². The third-order valence-electron chi connectivity index (χ3n) is 4.85. The topological polar surface area (TPSA) is 133 Å². The molecule has 0 saturated carbocycles. The second kappa shape index (κ2) is 7.64. The molecular weight excluding hydrogens is 364 g/mol. The SMILES string of the molecule is C1=Cc2ccccc2C1.O=c1[nH]cnc2c1ncn2[C@@H]1O[C@H](CO)[C@@H](O)[C@H]1O. The number of aliphatic hydroxyl groups excluding tert-OH is 3. The molecule has 0 spiro atoms. The molecule has 0 radical (unpaired) electrons. The summed E-state index contributed by atoms with van der Waals surface area (Å²) < 4.78 is 6.70. The van der Waals surface area contributed by atoms with Crippen LogP contribution in [-0.4, -0.2) is 59.8 Å². The van der Waals surface area contributed by atoms with Gasteiger partial charge in [0.15, 0.2) is 17.4 Å². The first kappa shape index (κ1) is 18.5. The third kappa shape index (κ3) is 3.25. The van der Waals surface area contributed by atoms with Crippen molar-refractivity contribution in [1.29, 1.82) is 0 Å². The number of fused-ring (bicyclic) bond motifs is 2. The van der Waals surface area contributed by atoms with E-state index in [-0.39, 0.29) is 11.2 Å². The fourth-order valence-electron chi connectivity index (χ4n) is 3.35. The van der Waals surface area contributed by atoms with Gasteiger partial charge in [0.2, 0.25) is 0 Å². The van der Waals surface area contributed by atoms with Crippen molar-refractivity contribution < 1.29 is 20.1 Å². The molecule has 4 atom stereocenters. The van der Waals surface area contributed by atoms with Crippen LogP contribution in [0.2, 0.25) is 0 Å². The molecule has 1 fully saturated rings. The summed E-state index contributed by atoms with van der Waals surface area (Å²) in [5, 5.41) is 28.6. The van der Waals surface area contributed by atoms with Crippen LogP contribution in [0.15, 0.2) is 47.8 Å². The van der Waals surface area contributed by atoms with Gasteiger partial charge in [0, 0.05) is 0 Å². The van der Waals surface area contributed by atoms with E-state index in [0.717, 1.165) is 6.42 Å². The molecule has 146 valence electrons. The number of hydrogen-bond acceptors (Lipinski definition) is 7. The summed E-state index contributed by atoms with van der Waals surface area (Å²) >= 11 is 0. The quantitative estimate of drug-likeness (QED) is 0.488. The van der Waals surface area contributed by atoms with Crippen LogP contribution in [0, 0.1) is 0 Å². The first-order chi connectivity index (χ1) is 13.6. The van der Waals surface area contributed by atoms with Crippen molar-refractivity contribution in [2.24, 2.45) is 0 Å². The second-order valence-corrected chi connectivity index (χ2v) is 6.59. The lowest BCUT2D eigenvalue weighted by molar-refractivity contribution is -0.0511. The number of rotatable bonds is 2. The largest absolute Gasteiger partial charge is 0.394 e. The molecule has 3 heterocycles. The molecule has 1 aliphatic heterocycles. The number of H-pyrrole nitrogens is 1. The smallest absolute Gasteiger partial charge is 0.278 e. The first-order valence-corrected chi connectivity index (χ1v) is 8.87. The normalized spacial score (nSPS) is 25.5. The molecule has 0 bridgehead atoms. The lowest BCUT2D eigenvalue weighted by Crippen LogP contribution is -2.33. The van der Waals surface area contributed by atoms with Crippen LogP contribution < -0.4 is 5.56 Å². The minimum absolute atomic E-state index is 0.111. The highest BCUT2D eigenvalue weighted by atomic mass is 16.6. The molecule has 9 heteroatoms. The van der Waals surface area contributed by atoms with E-state index in [0.29, 0.717) is 0 Å². The van der Waals surface area contributed by atoms with Crippen LogP contribution >= 0.6 is 0 Å². The molecule has 4 N–H and O–H groups in total. The summed E-state index contributed by atoms with van der Waals surface area (Å²) in [6.45, 7) is -0.421. The highest BCUT2D eigenvalue weighted by molar-refractivity contribution is 5.68. The predicted molar refractivity (Wildman–Crippen MR) is 100 cm³/mol. The van der Waals surface area contributed by atoms with Crippen molar-refractivity contribution in [2.75, 3.05) is 6.61 Å². The van der Waals surface area contributed by atoms with E-state index in [9.17, 15) is 15.0 Å². The maximum atomic E-state index is 11.5. The number of nitrogens with zero attached hydrogens (tertiary/aromatic N) is 3. The Labute approximate surface area is 159 Å². The average molecular weight is 384 g/mol. The number of aromatic nitrogens is 4. The van der Waals surface area contributed by atoms with Gasteiger partial charge in [-0.3, -0.25) is 9.36 Å². The van der Waals surface area contributed by atoms with Gasteiger partial charge in [-0.05, 0) is 17.5 Å². The summed E-state index contributed by atoms with van der Waals surface area (Å²) in [7, 11) is 0. The van der Waals surface area contributed by atoms with Gasteiger partial charge in [0.25, 0.3) is 5.56 Å². The van der Waals surface area contributed by atoms with Crippen molar-refractivity contribution in [3.8, 4) is 0 Å². The van der Waals surface area contributed by atoms with Crippen molar-refractivity contribution in [3.63, 3.8) is 0 Å². The number of aromatic amines is 1. The Morgan fingerprint density at radius 2 is 2.04 bits per heavy atom. The van der Waals surface area contributed by atoms with Crippen LogP contribution in [0.3, 0.4) is 0 Å². The molecule has 28 heavy (non-hydrogen) atoms. The van der Waals surface area contributed by atoms with Crippen LogP contribution in [-0.2, 0) is 11.2 Å². The predicted octanol–water partition coefficient (Wildman–Crippen LogP) is -0.0130. The van der Waals surface area contributed by atoms with Gasteiger partial charge in [-0.2, -0.15) is 0 Å². The van der Waals surface area contributed by atoms with E-state index in [1.54, 1.807) is 0 Å². The fraction of sp³-hybridized carbons (Fsp3) is 0.316. The minimum atomic E-state index is -1.24. The number of aliphatic hydroxyl groups is 3. The molecule has 0 unspecified atom stereocenters. The standard InChI is InChI=1S/C10H12N4O5.C9H8/c15-1-4-6(16)7(17)10(19-4)14-3-13-5-8(14)11-2-12-9(5)18;1-2-5-9-7-3-6-8(9)4-1/h2-4,6-7,10,15-17H,1H2,(H,11,12,18);1-6H,7H2/t4-,6-,7-,10-;/m1./s1.